The lowest BCUT2D eigenvalue weighted by molar-refractivity contribution is -0.144. The van der Waals surface area contributed by atoms with Gasteiger partial charge >= 0.3 is 6.18 Å². The molecule has 2 heterocycles. The molecule has 2 N–H and O–H groups in total. The molecule has 96 valence electrons. The summed E-state index contributed by atoms with van der Waals surface area (Å²) in [6, 6.07) is 1.99. The second kappa shape index (κ2) is 3.60. The maximum atomic E-state index is 12.7. The van der Waals surface area contributed by atoms with Crippen molar-refractivity contribution in [2.24, 2.45) is 0 Å². The van der Waals surface area contributed by atoms with Gasteiger partial charge in [0.25, 0.3) is 0 Å². The summed E-state index contributed by atoms with van der Waals surface area (Å²) in [5, 5.41) is 3.62. The van der Waals surface area contributed by atoms with E-state index < -0.39 is 12.0 Å². The van der Waals surface area contributed by atoms with Crippen molar-refractivity contribution in [1.82, 2.24) is 15.0 Å². The molecule has 3 rings (SSSR count). The fourth-order valence-electron chi connectivity index (χ4n) is 1.80. The largest absolute Gasteiger partial charge is 0.451 e. The first-order valence-corrected chi connectivity index (χ1v) is 5.64. The van der Waals surface area contributed by atoms with E-state index in [0.717, 1.165) is 18.5 Å². The standard InChI is InChI=1S/C11H11F3N4/c1-5-4-7-8(15-5)17-10(11(12,13)14)18-9(7)16-6-2-3-6/h4,6H,2-3H2,1H3,(H2,15,16,17,18). The molecule has 18 heavy (non-hydrogen) atoms. The van der Waals surface area contributed by atoms with Crippen LogP contribution < -0.4 is 5.32 Å². The van der Waals surface area contributed by atoms with Gasteiger partial charge in [0.05, 0.1) is 5.39 Å². The summed E-state index contributed by atoms with van der Waals surface area (Å²) < 4.78 is 38.1. The summed E-state index contributed by atoms with van der Waals surface area (Å²) in [5.41, 5.74) is 0.982. The number of fused-ring (bicyclic) bond motifs is 1. The monoisotopic (exact) mass is 256 g/mol. The normalized spacial score (nSPS) is 16.2. The number of hydrogen-bond acceptors (Lipinski definition) is 3. The molecule has 0 bridgehead atoms. The average Bonchev–Trinajstić information content (AvgIpc) is 2.97. The predicted octanol–water partition coefficient (Wildman–Crippen LogP) is 2.86. The molecule has 0 aromatic carbocycles. The summed E-state index contributed by atoms with van der Waals surface area (Å²) in [6.45, 7) is 1.77. The molecule has 0 unspecified atom stereocenters. The van der Waals surface area contributed by atoms with Gasteiger partial charge in [-0.3, -0.25) is 0 Å². The first kappa shape index (κ1) is 11.3. The molecule has 0 spiro atoms. The zero-order chi connectivity index (χ0) is 12.9. The Bertz CT molecular complexity index is 598. The highest BCUT2D eigenvalue weighted by Gasteiger charge is 2.36. The molecule has 1 aliphatic rings. The van der Waals surface area contributed by atoms with Gasteiger partial charge in [0, 0.05) is 11.7 Å². The number of alkyl halides is 3. The van der Waals surface area contributed by atoms with Crippen LogP contribution >= 0.6 is 0 Å². The molecular weight excluding hydrogens is 245 g/mol. The zero-order valence-corrected chi connectivity index (χ0v) is 9.60. The number of aromatic nitrogens is 3. The molecule has 0 radical (unpaired) electrons. The van der Waals surface area contributed by atoms with Crippen molar-refractivity contribution in [1.29, 1.82) is 0 Å². The highest BCUT2D eigenvalue weighted by molar-refractivity contribution is 5.88. The summed E-state index contributed by atoms with van der Waals surface area (Å²) in [6.07, 6.45) is -2.60. The number of aryl methyl sites for hydroxylation is 1. The van der Waals surface area contributed by atoms with E-state index in [1.54, 1.807) is 13.0 Å². The van der Waals surface area contributed by atoms with Gasteiger partial charge < -0.3 is 10.3 Å². The van der Waals surface area contributed by atoms with Crippen LogP contribution in [0.2, 0.25) is 0 Å². The number of nitrogens with one attached hydrogen (secondary N) is 2. The maximum absolute atomic E-state index is 12.7. The van der Waals surface area contributed by atoms with E-state index >= 15 is 0 Å². The molecular formula is C11H11F3N4. The Morgan fingerprint density at radius 2 is 2.06 bits per heavy atom. The lowest BCUT2D eigenvalue weighted by atomic mass is 10.3. The fraction of sp³-hybridized carbons (Fsp3) is 0.455. The Morgan fingerprint density at radius 3 is 2.67 bits per heavy atom. The predicted molar refractivity (Wildman–Crippen MR) is 60.3 cm³/mol. The number of rotatable bonds is 2. The molecule has 1 saturated carbocycles. The Balaban J connectivity index is 2.15. The van der Waals surface area contributed by atoms with Crippen molar-refractivity contribution in [2.75, 3.05) is 5.32 Å². The third kappa shape index (κ3) is 2.00. The number of hydrogen-bond donors (Lipinski definition) is 2. The smallest absolute Gasteiger partial charge is 0.367 e. The minimum Gasteiger partial charge on any atom is -0.367 e. The number of aromatic amines is 1. The van der Waals surface area contributed by atoms with Crippen molar-refractivity contribution in [3.8, 4) is 0 Å². The van der Waals surface area contributed by atoms with Crippen molar-refractivity contribution in [3.63, 3.8) is 0 Å². The van der Waals surface area contributed by atoms with E-state index in [1.807, 2.05) is 0 Å². The zero-order valence-electron chi connectivity index (χ0n) is 9.60. The van der Waals surface area contributed by atoms with Crippen LogP contribution in [0.3, 0.4) is 0 Å². The van der Waals surface area contributed by atoms with Gasteiger partial charge in [-0.05, 0) is 25.8 Å². The van der Waals surface area contributed by atoms with Crippen molar-refractivity contribution in [3.05, 3.63) is 17.6 Å². The van der Waals surface area contributed by atoms with Gasteiger partial charge in [0.15, 0.2) is 0 Å². The minimum absolute atomic E-state index is 0.220. The van der Waals surface area contributed by atoms with Crippen LogP contribution in [0.25, 0.3) is 11.0 Å². The highest BCUT2D eigenvalue weighted by atomic mass is 19.4. The average molecular weight is 256 g/mol. The van der Waals surface area contributed by atoms with Crippen molar-refractivity contribution in [2.45, 2.75) is 32.0 Å². The highest BCUT2D eigenvalue weighted by Crippen LogP contribution is 2.32. The summed E-state index contributed by atoms with van der Waals surface area (Å²) >= 11 is 0. The molecule has 7 heteroatoms. The summed E-state index contributed by atoms with van der Waals surface area (Å²) in [4.78, 5) is 9.94. The second-order valence-electron chi connectivity index (χ2n) is 4.53. The first-order valence-electron chi connectivity index (χ1n) is 5.64. The fourth-order valence-corrected chi connectivity index (χ4v) is 1.80. The van der Waals surface area contributed by atoms with Gasteiger partial charge in [0.1, 0.15) is 11.5 Å². The van der Waals surface area contributed by atoms with Crippen LogP contribution in [0.15, 0.2) is 6.07 Å². The van der Waals surface area contributed by atoms with Gasteiger partial charge in [-0.2, -0.15) is 13.2 Å². The van der Waals surface area contributed by atoms with E-state index in [0.29, 0.717) is 5.39 Å². The number of H-pyrrole nitrogens is 1. The quantitative estimate of drug-likeness (QED) is 0.868. The molecule has 2 aromatic rings. The molecule has 4 nitrogen and oxygen atoms in total. The molecule has 0 amide bonds. The Kier molecular flexibility index (Phi) is 2.26. The second-order valence-corrected chi connectivity index (χ2v) is 4.53. The van der Waals surface area contributed by atoms with Crippen LogP contribution in [0.1, 0.15) is 24.4 Å². The SMILES string of the molecule is Cc1cc2c(NC3CC3)nc(C(F)(F)F)nc2[nH]1. The third-order valence-electron chi connectivity index (χ3n) is 2.79. The molecule has 0 saturated heterocycles. The molecule has 1 fully saturated rings. The van der Waals surface area contributed by atoms with E-state index in [9.17, 15) is 13.2 Å². The third-order valence-corrected chi connectivity index (χ3v) is 2.79. The van der Waals surface area contributed by atoms with Crippen LogP contribution in [0.5, 0.6) is 0 Å². The van der Waals surface area contributed by atoms with Gasteiger partial charge in [-0.15, -0.1) is 0 Å². The first-order chi connectivity index (χ1) is 8.43. The summed E-state index contributed by atoms with van der Waals surface area (Å²) in [7, 11) is 0. The molecule has 2 aromatic heterocycles. The van der Waals surface area contributed by atoms with Gasteiger partial charge in [-0.1, -0.05) is 0 Å². The van der Waals surface area contributed by atoms with Crippen molar-refractivity contribution < 1.29 is 13.2 Å². The van der Waals surface area contributed by atoms with Crippen LogP contribution in [0.4, 0.5) is 19.0 Å². The van der Waals surface area contributed by atoms with E-state index in [-0.39, 0.29) is 17.5 Å². The number of anilines is 1. The molecule has 0 atom stereocenters. The Hall–Kier alpha value is -1.79. The maximum Gasteiger partial charge on any atom is 0.451 e. The van der Waals surface area contributed by atoms with Gasteiger partial charge in [-0.25, -0.2) is 9.97 Å². The Labute approximate surface area is 101 Å². The Morgan fingerprint density at radius 1 is 1.33 bits per heavy atom. The lowest BCUT2D eigenvalue weighted by Gasteiger charge is -2.09. The number of nitrogens with zero attached hydrogens (tertiary/aromatic N) is 2. The minimum atomic E-state index is -4.53. The molecule has 1 aliphatic carbocycles. The van der Waals surface area contributed by atoms with E-state index in [1.165, 1.54) is 0 Å². The van der Waals surface area contributed by atoms with Crippen LogP contribution in [0, 0.1) is 6.92 Å². The van der Waals surface area contributed by atoms with Crippen molar-refractivity contribution >= 4 is 16.9 Å². The summed E-state index contributed by atoms with van der Waals surface area (Å²) in [5.74, 6) is -0.848. The topological polar surface area (TPSA) is 53.6 Å². The van der Waals surface area contributed by atoms with E-state index in [2.05, 4.69) is 20.3 Å². The lowest BCUT2D eigenvalue weighted by Crippen LogP contribution is -2.14. The number of halogens is 3. The van der Waals surface area contributed by atoms with E-state index in [4.69, 9.17) is 0 Å². The van der Waals surface area contributed by atoms with Gasteiger partial charge in [0.2, 0.25) is 5.82 Å². The van der Waals surface area contributed by atoms with Crippen LogP contribution in [-0.2, 0) is 6.18 Å². The molecule has 0 aliphatic heterocycles. The van der Waals surface area contributed by atoms with Crippen LogP contribution in [-0.4, -0.2) is 21.0 Å².